The van der Waals surface area contributed by atoms with Crippen molar-refractivity contribution < 1.29 is 9.53 Å². The molecule has 16 heavy (non-hydrogen) atoms. The first-order chi connectivity index (χ1) is 7.61. The van der Waals surface area contributed by atoms with Gasteiger partial charge in [0.2, 0.25) is 0 Å². The second kappa shape index (κ2) is 6.31. The summed E-state index contributed by atoms with van der Waals surface area (Å²) < 4.78 is 5.23. The van der Waals surface area contributed by atoms with Gasteiger partial charge in [0.1, 0.15) is 0 Å². The zero-order chi connectivity index (χ0) is 12.0. The molecule has 0 heterocycles. The average molecular weight is 220 g/mol. The van der Waals surface area contributed by atoms with Crippen LogP contribution in [0.5, 0.6) is 0 Å². The monoisotopic (exact) mass is 220 g/mol. The number of esters is 1. The molecule has 2 heteroatoms. The minimum absolute atomic E-state index is 0.133. The standard InChI is InChI=1S/C14H20O2/c1-11(2)9-10-16-14(15)12(3)13-7-5-4-6-8-13/h4-8,11-12H,9-10H2,1-3H3/t12-/m0/s1. The summed E-state index contributed by atoms with van der Waals surface area (Å²) in [6.45, 7) is 6.64. The number of hydrogen-bond acceptors (Lipinski definition) is 2. The van der Waals surface area contributed by atoms with Crippen LogP contribution >= 0.6 is 0 Å². The molecule has 0 N–H and O–H groups in total. The van der Waals surface area contributed by atoms with Crippen LogP contribution in [0.25, 0.3) is 0 Å². The summed E-state index contributed by atoms with van der Waals surface area (Å²) in [6, 6.07) is 9.73. The van der Waals surface area contributed by atoms with Crippen molar-refractivity contribution in [2.75, 3.05) is 6.61 Å². The van der Waals surface area contributed by atoms with Gasteiger partial charge in [-0.25, -0.2) is 0 Å². The van der Waals surface area contributed by atoms with E-state index in [2.05, 4.69) is 13.8 Å². The summed E-state index contributed by atoms with van der Waals surface area (Å²) in [5.41, 5.74) is 1.01. The van der Waals surface area contributed by atoms with Crippen LogP contribution in [0.3, 0.4) is 0 Å². The Morgan fingerprint density at radius 1 is 1.19 bits per heavy atom. The second-order valence-electron chi connectivity index (χ2n) is 4.48. The lowest BCUT2D eigenvalue weighted by molar-refractivity contribution is -0.145. The maximum atomic E-state index is 11.7. The zero-order valence-corrected chi connectivity index (χ0v) is 10.3. The van der Waals surface area contributed by atoms with Crippen LogP contribution in [0, 0.1) is 5.92 Å². The summed E-state index contributed by atoms with van der Waals surface area (Å²) in [5.74, 6) is 0.264. The average Bonchev–Trinajstić information content (AvgIpc) is 2.28. The fourth-order valence-electron chi connectivity index (χ4n) is 1.40. The van der Waals surface area contributed by atoms with Crippen molar-refractivity contribution in [3.05, 3.63) is 35.9 Å². The molecule has 1 aromatic carbocycles. The molecule has 2 nitrogen and oxygen atoms in total. The highest BCUT2D eigenvalue weighted by molar-refractivity contribution is 5.77. The molecule has 0 aromatic heterocycles. The van der Waals surface area contributed by atoms with E-state index in [1.165, 1.54) is 0 Å². The molecular weight excluding hydrogens is 200 g/mol. The lowest BCUT2D eigenvalue weighted by Crippen LogP contribution is -2.14. The van der Waals surface area contributed by atoms with Gasteiger partial charge in [-0.1, -0.05) is 44.2 Å². The number of carbonyl (C=O) groups excluding carboxylic acids is 1. The fourth-order valence-corrected chi connectivity index (χ4v) is 1.40. The van der Waals surface area contributed by atoms with Gasteiger partial charge in [-0.15, -0.1) is 0 Å². The van der Waals surface area contributed by atoms with Crippen molar-refractivity contribution in [2.24, 2.45) is 5.92 Å². The van der Waals surface area contributed by atoms with Crippen molar-refractivity contribution in [1.82, 2.24) is 0 Å². The van der Waals surface area contributed by atoms with Gasteiger partial charge in [-0.05, 0) is 24.8 Å². The Morgan fingerprint density at radius 3 is 2.38 bits per heavy atom. The highest BCUT2D eigenvalue weighted by atomic mass is 16.5. The minimum atomic E-state index is -0.173. The van der Waals surface area contributed by atoms with Gasteiger partial charge >= 0.3 is 5.97 Å². The Balaban J connectivity index is 2.43. The van der Waals surface area contributed by atoms with Crippen LogP contribution in [-0.2, 0) is 9.53 Å². The molecule has 88 valence electrons. The summed E-state index contributed by atoms with van der Waals surface area (Å²) in [5, 5.41) is 0. The van der Waals surface area contributed by atoms with Crippen molar-refractivity contribution in [2.45, 2.75) is 33.1 Å². The first-order valence-electron chi connectivity index (χ1n) is 5.83. The molecule has 0 aliphatic rings. The molecule has 0 radical (unpaired) electrons. The number of rotatable bonds is 5. The molecule has 0 fully saturated rings. The van der Waals surface area contributed by atoms with Crippen molar-refractivity contribution in [3.63, 3.8) is 0 Å². The Morgan fingerprint density at radius 2 is 1.81 bits per heavy atom. The Hall–Kier alpha value is -1.31. The number of benzene rings is 1. The predicted octanol–water partition coefficient (Wildman–Crippen LogP) is 3.38. The minimum Gasteiger partial charge on any atom is -0.465 e. The second-order valence-corrected chi connectivity index (χ2v) is 4.48. The van der Waals surface area contributed by atoms with Gasteiger partial charge in [0.05, 0.1) is 12.5 Å². The first kappa shape index (κ1) is 12.8. The third-order valence-electron chi connectivity index (χ3n) is 2.59. The molecule has 1 rings (SSSR count). The van der Waals surface area contributed by atoms with E-state index in [1.54, 1.807) is 0 Å². The summed E-state index contributed by atoms with van der Waals surface area (Å²) in [6.07, 6.45) is 0.924. The van der Waals surface area contributed by atoms with Crippen LogP contribution in [0.1, 0.15) is 38.7 Å². The van der Waals surface area contributed by atoms with Crippen LogP contribution in [0.4, 0.5) is 0 Å². The quantitative estimate of drug-likeness (QED) is 0.711. The smallest absolute Gasteiger partial charge is 0.313 e. The predicted molar refractivity (Wildman–Crippen MR) is 65.3 cm³/mol. The van der Waals surface area contributed by atoms with E-state index < -0.39 is 0 Å². The molecule has 0 unspecified atom stereocenters. The van der Waals surface area contributed by atoms with E-state index in [9.17, 15) is 4.79 Å². The van der Waals surface area contributed by atoms with Crippen LogP contribution < -0.4 is 0 Å². The van der Waals surface area contributed by atoms with Gasteiger partial charge < -0.3 is 4.74 Å². The molecule has 1 atom stereocenters. The third kappa shape index (κ3) is 4.05. The highest BCUT2D eigenvalue weighted by Gasteiger charge is 2.15. The Kier molecular flexibility index (Phi) is 5.03. The SMILES string of the molecule is CC(C)CCOC(=O)[C@@H](C)c1ccccc1. The number of ether oxygens (including phenoxy) is 1. The Bertz CT molecular complexity index is 317. The van der Waals surface area contributed by atoms with Crippen LogP contribution in [-0.4, -0.2) is 12.6 Å². The normalized spacial score (nSPS) is 12.5. The highest BCUT2D eigenvalue weighted by Crippen LogP contribution is 2.16. The molecule has 0 spiro atoms. The van der Waals surface area contributed by atoms with Gasteiger partial charge in [-0.2, -0.15) is 0 Å². The van der Waals surface area contributed by atoms with Crippen molar-refractivity contribution in [3.8, 4) is 0 Å². The van der Waals surface area contributed by atoms with E-state index >= 15 is 0 Å². The van der Waals surface area contributed by atoms with E-state index in [1.807, 2.05) is 37.3 Å². The maximum absolute atomic E-state index is 11.7. The van der Waals surface area contributed by atoms with Crippen molar-refractivity contribution >= 4 is 5.97 Å². The molecular formula is C14H20O2. The number of hydrogen-bond donors (Lipinski definition) is 0. The topological polar surface area (TPSA) is 26.3 Å². The van der Waals surface area contributed by atoms with Crippen LogP contribution in [0.2, 0.25) is 0 Å². The molecule has 1 aromatic rings. The van der Waals surface area contributed by atoms with Gasteiger partial charge in [0, 0.05) is 0 Å². The molecule has 0 aliphatic heterocycles. The Labute approximate surface area is 97.6 Å². The van der Waals surface area contributed by atoms with E-state index in [0.29, 0.717) is 12.5 Å². The molecule has 0 amide bonds. The lowest BCUT2D eigenvalue weighted by Gasteiger charge is -2.12. The van der Waals surface area contributed by atoms with E-state index in [-0.39, 0.29) is 11.9 Å². The molecule has 0 saturated carbocycles. The maximum Gasteiger partial charge on any atom is 0.313 e. The van der Waals surface area contributed by atoms with Gasteiger partial charge in [0.15, 0.2) is 0 Å². The van der Waals surface area contributed by atoms with E-state index in [0.717, 1.165) is 12.0 Å². The first-order valence-corrected chi connectivity index (χ1v) is 5.83. The number of carbonyl (C=O) groups is 1. The molecule has 0 saturated heterocycles. The summed E-state index contributed by atoms with van der Waals surface area (Å²) in [7, 11) is 0. The molecule has 0 bridgehead atoms. The lowest BCUT2D eigenvalue weighted by atomic mass is 10.0. The van der Waals surface area contributed by atoms with E-state index in [4.69, 9.17) is 4.74 Å². The molecule has 0 aliphatic carbocycles. The third-order valence-corrected chi connectivity index (χ3v) is 2.59. The van der Waals surface area contributed by atoms with Gasteiger partial charge in [0.25, 0.3) is 0 Å². The summed E-state index contributed by atoms with van der Waals surface area (Å²) in [4.78, 5) is 11.7. The van der Waals surface area contributed by atoms with Crippen molar-refractivity contribution in [1.29, 1.82) is 0 Å². The summed E-state index contributed by atoms with van der Waals surface area (Å²) >= 11 is 0. The van der Waals surface area contributed by atoms with Gasteiger partial charge in [-0.3, -0.25) is 4.79 Å². The fraction of sp³-hybridized carbons (Fsp3) is 0.500. The van der Waals surface area contributed by atoms with Crippen LogP contribution in [0.15, 0.2) is 30.3 Å². The largest absolute Gasteiger partial charge is 0.465 e. The zero-order valence-electron chi connectivity index (χ0n) is 10.3.